The van der Waals surface area contributed by atoms with Crippen molar-refractivity contribution in [1.29, 1.82) is 0 Å². The molecule has 1 N–H and O–H groups in total. The molecule has 1 aliphatic heterocycles. The molecule has 4 rings (SSSR count). The molecule has 3 aromatic heterocycles. The summed E-state index contributed by atoms with van der Waals surface area (Å²) in [7, 11) is 0. The number of nitrogens with one attached hydrogen (secondary N) is 1. The first-order chi connectivity index (χ1) is 12.2. The summed E-state index contributed by atoms with van der Waals surface area (Å²) in [6, 6.07) is 6.61. The fraction of sp³-hybridized carbons (Fsp3) is 0.235. The van der Waals surface area contributed by atoms with Crippen LogP contribution in [0.25, 0.3) is 11.4 Å². The molecular weight excluding hydrogens is 323 g/mol. The summed E-state index contributed by atoms with van der Waals surface area (Å²) in [4.78, 5) is 25.0. The van der Waals surface area contributed by atoms with Gasteiger partial charge in [-0.1, -0.05) is 6.07 Å². The second-order valence-electron chi connectivity index (χ2n) is 5.90. The van der Waals surface area contributed by atoms with Crippen LogP contribution in [0.3, 0.4) is 0 Å². The zero-order valence-corrected chi connectivity index (χ0v) is 13.3. The molecule has 1 aliphatic rings. The molecule has 8 heteroatoms. The molecule has 4 heterocycles. The summed E-state index contributed by atoms with van der Waals surface area (Å²) in [6.45, 7) is 0.573. The number of aromatic amines is 1. The normalized spacial score (nSPS) is 17.2. The van der Waals surface area contributed by atoms with Crippen LogP contribution in [0.2, 0.25) is 0 Å². The van der Waals surface area contributed by atoms with Crippen molar-refractivity contribution in [1.82, 2.24) is 25.1 Å². The molecule has 1 unspecified atom stereocenters. The molecule has 126 valence electrons. The molecule has 1 saturated heterocycles. The Labute approximate surface area is 143 Å². The molecule has 0 saturated carbocycles. The average Bonchev–Trinajstić information content (AvgIpc) is 3.25. The fourth-order valence-corrected chi connectivity index (χ4v) is 2.96. The van der Waals surface area contributed by atoms with Crippen molar-refractivity contribution in [3.05, 3.63) is 54.4 Å². The number of carbonyl (C=O) groups excluding carboxylic acids is 1. The Morgan fingerprint density at radius 1 is 1.20 bits per heavy atom. The third-order valence-corrected chi connectivity index (χ3v) is 4.27. The van der Waals surface area contributed by atoms with Crippen LogP contribution in [0.1, 0.15) is 12.0 Å². The molecule has 7 nitrogen and oxygen atoms in total. The molecule has 1 amide bonds. The highest BCUT2D eigenvalue weighted by Gasteiger charge is 2.34. The molecule has 0 bridgehead atoms. The minimum Gasteiger partial charge on any atom is -0.307 e. The van der Waals surface area contributed by atoms with E-state index in [4.69, 9.17) is 0 Å². The van der Waals surface area contributed by atoms with Gasteiger partial charge in [0.05, 0.1) is 0 Å². The fourth-order valence-electron chi connectivity index (χ4n) is 2.96. The second-order valence-corrected chi connectivity index (χ2v) is 5.90. The number of pyridine rings is 2. The number of rotatable bonds is 4. The van der Waals surface area contributed by atoms with Gasteiger partial charge in [0.25, 0.3) is 0 Å². The maximum Gasteiger partial charge on any atom is 0.232 e. The number of hydrogen-bond acceptors (Lipinski definition) is 5. The van der Waals surface area contributed by atoms with E-state index >= 15 is 0 Å². The Bertz CT molecular complexity index is 880. The Balaban J connectivity index is 1.48. The number of halogens is 1. The molecule has 1 fully saturated rings. The van der Waals surface area contributed by atoms with E-state index in [1.54, 1.807) is 23.4 Å². The summed E-state index contributed by atoms with van der Waals surface area (Å²) in [5.74, 6) is 0.338. The average molecular weight is 338 g/mol. The molecule has 3 aromatic rings. The SMILES string of the molecule is O=C1C(Cc2ccc(F)nc2)CCN1c1nnc(-c2ccncc2)[nH]1. The Kier molecular flexibility index (Phi) is 3.93. The van der Waals surface area contributed by atoms with Crippen LogP contribution in [0.5, 0.6) is 0 Å². The van der Waals surface area contributed by atoms with Crippen molar-refractivity contribution in [2.75, 3.05) is 11.4 Å². The van der Waals surface area contributed by atoms with Gasteiger partial charge in [0.15, 0.2) is 5.82 Å². The van der Waals surface area contributed by atoms with Gasteiger partial charge in [-0.3, -0.25) is 14.7 Å². The number of nitrogens with zero attached hydrogens (tertiary/aromatic N) is 5. The highest BCUT2D eigenvalue weighted by Crippen LogP contribution is 2.26. The van der Waals surface area contributed by atoms with E-state index in [0.717, 1.165) is 11.1 Å². The second kappa shape index (κ2) is 6.39. The van der Waals surface area contributed by atoms with Crippen LogP contribution < -0.4 is 4.90 Å². The van der Waals surface area contributed by atoms with Crippen LogP contribution in [-0.4, -0.2) is 37.6 Å². The number of hydrogen-bond donors (Lipinski definition) is 1. The van der Waals surface area contributed by atoms with Gasteiger partial charge in [0, 0.05) is 36.6 Å². The lowest BCUT2D eigenvalue weighted by Gasteiger charge is -2.12. The van der Waals surface area contributed by atoms with Gasteiger partial charge in [0.1, 0.15) is 0 Å². The molecular formula is C17H15FN6O. The van der Waals surface area contributed by atoms with Gasteiger partial charge in [-0.05, 0) is 36.6 Å². The maximum atomic E-state index is 12.9. The Morgan fingerprint density at radius 3 is 2.80 bits per heavy atom. The number of anilines is 1. The van der Waals surface area contributed by atoms with Crippen LogP contribution in [-0.2, 0) is 11.2 Å². The van der Waals surface area contributed by atoms with Gasteiger partial charge in [-0.15, -0.1) is 10.2 Å². The quantitative estimate of drug-likeness (QED) is 0.735. The first-order valence-corrected chi connectivity index (χ1v) is 7.95. The minimum absolute atomic E-state index is 0.0123. The number of amides is 1. The number of H-pyrrole nitrogens is 1. The van der Waals surface area contributed by atoms with Gasteiger partial charge < -0.3 is 4.98 Å². The topological polar surface area (TPSA) is 87.7 Å². The van der Waals surface area contributed by atoms with Crippen LogP contribution in [0.4, 0.5) is 10.3 Å². The third-order valence-electron chi connectivity index (χ3n) is 4.27. The summed E-state index contributed by atoms with van der Waals surface area (Å²) >= 11 is 0. The summed E-state index contributed by atoms with van der Waals surface area (Å²) in [5, 5.41) is 8.20. The lowest BCUT2D eigenvalue weighted by molar-refractivity contribution is -0.120. The van der Waals surface area contributed by atoms with Crippen molar-refractivity contribution in [3.8, 4) is 11.4 Å². The monoisotopic (exact) mass is 338 g/mol. The van der Waals surface area contributed by atoms with Gasteiger partial charge in [-0.2, -0.15) is 4.39 Å². The highest BCUT2D eigenvalue weighted by atomic mass is 19.1. The Morgan fingerprint density at radius 2 is 2.04 bits per heavy atom. The van der Waals surface area contributed by atoms with Crippen molar-refractivity contribution < 1.29 is 9.18 Å². The van der Waals surface area contributed by atoms with E-state index < -0.39 is 5.95 Å². The van der Waals surface area contributed by atoms with E-state index in [1.807, 2.05) is 12.1 Å². The summed E-state index contributed by atoms with van der Waals surface area (Å²) in [6.07, 6.45) is 6.06. The standard InChI is InChI=1S/C17H15FN6O/c18-14-2-1-11(10-20-14)9-13-5-8-24(16(13)25)17-21-15(22-23-17)12-3-6-19-7-4-12/h1-4,6-7,10,13H,5,8-9H2,(H,21,22,23). The Hall–Kier alpha value is -3.16. The molecule has 1 atom stereocenters. The van der Waals surface area contributed by atoms with Gasteiger partial charge >= 0.3 is 0 Å². The number of carbonyl (C=O) groups is 1. The smallest absolute Gasteiger partial charge is 0.232 e. The minimum atomic E-state index is -0.520. The largest absolute Gasteiger partial charge is 0.307 e. The lowest BCUT2D eigenvalue weighted by Crippen LogP contribution is -2.28. The summed E-state index contributed by atoms with van der Waals surface area (Å²) in [5.41, 5.74) is 1.70. The molecule has 0 aromatic carbocycles. The predicted molar refractivity (Wildman–Crippen MR) is 88.0 cm³/mol. The predicted octanol–water partition coefficient (Wildman–Crippen LogP) is 2.00. The van der Waals surface area contributed by atoms with Crippen molar-refractivity contribution in [3.63, 3.8) is 0 Å². The van der Waals surface area contributed by atoms with E-state index in [2.05, 4.69) is 25.1 Å². The van der Waals surface area contributed by atoms with Crippen molar-refractivity contribution >= 4 is 11.9 Å². The molecule has 25 heavy (non-hydrogen) atoms. The van der Waals surface area contributed by atoms with Crippen LogP contribution in [0, 0.1) is 11.9 Å². The first kappa shape index (κ1) is 15.4. The lowest BCUT2D eigenvalue weighted by atomic mass is 9.99. The van der Waals surface area contributed by atoms with Gasteiger partial charge in [0.2, 0.25) is 17.8 Å². The maximum absolute atomic E-state index is 12.9. The van der Waals surface area contributed by atoms with Crippen molar-refractivity contribution in [2.45, 2.75) is 12.8 Å². The first-order valence-electron chi connectivity index (χ1n) is 7.95. The molecule has 0 spiro atoms. The van der Waals surface area contributed by atoms with E-state index in [1.165, 1.54) is 12.3 Å². The molecule has 0 radical (unpaired) electrons. The zero-order valence-electron chi connectivity index (χ0n) is 13.3. The summed E-state index contributed by atoms with van der Waals surface area (Å²) < 4.78 is 12.9. The third kappa shape index (κ3) is 3.10. The van der Waals surface area contributed by atoms with Crippen molar-refractivity contribution in [2.24, 2.45) is 5.92 Å². The van der Waals surface area contributed by atoms with Gasteiger partial charge in [-0.25, -0.2) is 4.98 Å². The van der Waals surface area contributed by atoms with Crippen LogP contribution in [0.15, 0.2) is 42.9 Å². The molecule has 0 aliphatic carbocycles. The van der Waals surface area contributed by atoms with E-state index in [-0.39, 0.29) is 11.8 Å². The number of aromatic nitrogens is 5. The van der Waals surface area contributed by atoms with E-state index in [0.29, 0.717) is 31.2 Å². The van der Waals surface area contributed by atoms with Crippen LogP contribution >= 0.6 is 0 Å². The van der Waals surface area contributed by atoms with E-state index in [9.17, 15) is 9.18 Å². The zero-order chi connectivity index (χ0) is 17.2. The highest BCUT2D eigenvalue weighted by molar-refractivity contribution is 5.95.